The Bertz CT molecular complexity index is 1350. The van der Waals surface area contributed by atoms with E-state index in [9.17, 15) is 24.9 Å². The molecule has 0 spiro atoms. The minimum Gasteiger partial charge on any atom is -0.508 e. The third-order valence-corrected chi connectivity index (χ3v) is 7.30. The highest BCUT2D eigenvalue weighted by atomic mass is 16.7. The molecular weight excluding hydrogens is 552 g/mol. The number of phenols is 1. The van der Waals surface area contributed by atoms with Gasteiger partial charge in [0.25, 0.3) is 5.91 Å². The number of aliphatic hydroxyl groups excluding tert-OH is 2. The van der Waals surface area contributed by atoms with Crippen LogP contribution in [-0.2, 0) is 37.0 Å². The molecule has 1 aliphatic heterocycles. The lowest BCUT2D eigenvalue weighted by Gasteiger charge is -2.38. The number of esters is 1. The van der Waals surface area contributed by atoms with Crippen LogP contribution in [0.3, 0.4) is 0 Å². The Balaban J connectivity index is 1.44. The molecule has 0 bridgehead atoms. The monoisotopic (exact) mass is 592 g/mol. The second kappa shape index (κ2) is 15.1. The van der Waals surface area contributed by atoms with E-state index in [1.165, 1.54) is 13.8 Å². The van der Waals surface area contributed by atoms with E-state index >= 15 is 0 Å². The molecule has 1 heterocycles. The topological polar surface area (TPSA) is 138 Å². The summed E-state index contributed by atoms with van der Waals surface area (Å²) in [6.07, 6.45) is -2.20. The van der Waals surface area contributed by atoms with Crippen LogP contribution in [0.1, 0.15) is 66.6 Å². The van der Waals surface area contributed by atoms with Crippen molar-refractivity contribution in [1.29, 1.82) is 0 Å². The Morgan fingerprint density at radius 3 is 2.35 bits per heavy atom. The summed E-state index contributed by atoms with van der Waals surface area (Å²) in [5, 5.41) is 32.7. The van der Waals surface area contributed by atoms with Gasteiger partial charge in [0.2, 0.25) is 0 Å². The highest BCUT2D eigenvalue weighted by Crippen LogP contribution is 2.38. The van der Waals surface area contributed by atoms with E-state index in [4.69, 9.17) is 14.2 Å². The van der Waals surface area contributed by atoms with E-state index in [1.807, 2.05) is 60.5 Å². The van der Waals surface area contributed by atoms with Crippen molar-refractivity contribution in [3.05, 3.63) is 101 Å². The predicted octanol–water partition coefficient (Wildman–Crippen LogP) is 3.66. The van der Waals surface area contributed by atoms with Crippen molar-refractivity contribution in [1.82, 2.24) is 10.2 Å². The predicted molar refractivity (Wildman–Crippen MR) is 159 cm³/mol. The van der Waals surface area contributed by atoms with Crippen LogP contribution in [0.4, 0.5) is 0 Å². The van der Waals surface area contributed by atoms with Gasteiger partial charge >= 0.3 is 5.97 Å². The fourth-order valence-corrected chi connectivity index (χ4v) is 5.02. The molecule has 1 saturated heterocycles. The molecule has 1 fully saturated rings. The number of amides is 1. The number of hydrogen-bond acceptors (Lipinski definition) is 9. The highest BCUT2D eigenvalue weighted by molar-refractivity contribution is 5.82. The van der Waals surface area contributed by atoms with Crippen LogP contribution in [0.15, 0.2) is 72.8 Å². The van der Waals surface area contributed by atoms with Crippen molar-refractivity contribution in [3.63, 3.8) is 0 Å². The molecule has 1 aliphatic rings. The Hall–Kier alpha value is -3.80. The molecule has 3 aromatic rings. The van der Waals surface area contributed by atoms with Gasteiger partial charge in [-0.3, -0.25) is 9.59 Å². The zero-order chi connectivity index (χ0) is 30.9. The number of carbonyl (C=O) groups is 2. The van der Waals surface area contributed by atoms with Gasteiger partial charge in [-0.15, -0.1) is 0 Å². The lowest BCUT2D eigenvalue weighted by atomic mass is 9.99. The summed E-state index contributed by atoms with van der Waals surface area (Å²) in [7, 11) is 1.91. The fourth-order valence-electron chi connectivity index (χ4n) is 5.02. The minimum atomic E-state index is -0.875. The van der Waals surface area contributed by atoms with E-state index in [2.05, 4.69) is 5.32 Å². The number of aromatic hydroxyl groups is 1. The van der Waals surface area contributed by atoms with Gasteiger partial charge < -0.3 is 39.7 Å². The first-order valence-corrected chi connectivity index (χ1v) is 14.3. The molecule has 5 unspecified atom stereocenters. The normalized spacial score (nSPS) is 19.9. The van der Waals surface area contributed by atoms with E-state index in [1.54, 1.807) is 24.3 Å². The van der Waals surface area contributed by atoms with Crippen molar-refractivity contribution in [2.45, 2.75) is 64.1 Å². The fraction of sp³-hybridized carbons (Fsp3) is 0.394. The van der Waals surface area contributed by atoms with E-state index in [0.29, 0.717) is 25.1 Å². The largest absolute Gasteiger partial charge is 0.508 e. The number of phenolic OH excluding ortho intramolecular Hbond substituents is 1. The summed E-state index contributed by atoms with van der Waals surface area (Å²) in [6.45, 7) is 3.89. The van der Waals surface area contributed by atoms with Crippen molar-refractivity contribution in [2.24, 2.45) is 0 Å². The molecule has 10 nitrogen and oxygen atoms in total. The SMILES string of the molecule is CC(=O)OC(C)C(=O)NCc1ccc(C2OC(CN(C)CC(O)c3cccc(O)c3)CC(c3ccc(CO)cc3)O2)cc1. The lowest BCUT2D eigenvalue weighted by molar-refractivity contribution is -0.252. The van der Waals surface area contributed by atoms with Gasteiger partial charge in [0.05, 0.1) is 24.9 Å². The van der Waals surface area contributed by atoms with Gasteiger partial charge in [0.15, 0.2) is 12.4 Å². The summed E-state index contributed by atoms with van der Waals surface area (Å²) < 4.78 is 17.7. The molecule has 0 aliphatic carbocycles. The average Bonchev–Trinajstić information content (AvgIpc) is 2.99. The van der Waals surface area contributed by atoms with Crippen LogP contribution >= 0.6 is 0 Å². The second-order valence-electron chi connectivity index (χ2n) is 10.9. The number of nitrogens with one attached hydrogen (secondary N) is 1. The molecule has 43 heavy (non-hydrogen) atoms. The van der Waals surface area contributed by atoms with Crippen LogP contribution in [0, 0.1) is 0 Å². The first kappa shape index (κ1) is 32.1. The summed E-state index contributed by atoms with van der Waals surface area (Å²) in [6, 6.07) is 21.8. The zero-order valence-electron chi connectivity index (χ0n) is 24.7. The maximum absolute atomic E-state index is 12.2. The van der Waals surface area contributed by atoms with Crippen molar-refractivity contribution in [2.75, 3.05) is 20.1 Å². The van der Waals surface area contributed by atoms with Crippen molar-refractivity contribution < 1.29 is 39.1 Å². The maximum atomic E-state index is 12.2. The summed E-state index contributed by atoms with van der Waals surface area (Å²) >= 11 is 0. The van der Waals surface area contributed by atoms with Crippen molar-refractivity contribution in [3.8, 4) is 5.75 Å². The van der Waals surface area contributed by atoms with Crippen LogP contribution in [-0.4, -0.2) is 64.4 Å². The number of nitrogens with zero attached hydrogens (tertiary/aromatic N) is 1. The zero-order valence-corrected chi connectivity index (χ0v) is 24.7. The quantitative estimate of drug-likeness (QED) is 0.232. The summed E-state index contributed by atoms with van der Waals surface area (Å²) in [4.78, 5) is 25.3. The second-order valence-corrected chi connectivity index (χ2v) is 10.9. The van der Waals surface area contributed by atoms with Crippen LogP contribution < -0.4 is 5.32 Å². The number of rotatable bonds is 12. The highest BCUT2D eigenvalue weighted by Gasteiger charge is 2.33. The molecule has 4 N–H and O–H groups in total. The Kier molecular flexibility index (Phi) is 11.3. The van der Waals surface area contributed by atoms with Gasteiger partial charge in [-0.05, 0) is 48.4 Å². The van der Waals surface area contributed by atoms with Gasteiger partial charge in [0, 0.05) is 38.5 Å². The van der Waals surface area contributed by atoms with Crippen LogP contribution in [0.2, 0.25) is 0 Å². The standard InChI is InChI=1S/C33H40N2O8/c1-21(41-22(2)37)32(40)34-17-23-7-13-26(14-8-23)33-42-29(16-31(43-33)25-11-9-24(20-36)10-12-25)18-35(3)19-30(39)27-5-4-6-28(38)15-27/h4-15,21,29-31,33,36,38-39H,16-20H2,1-3H3,(H,34,40). The molecule has 4 rings (SSSR count). The minimum absolute atomic E-state index is 0.0397. The molecule has 1 amide bonds. The van der Waals surface area contributed by atoms with E-state index in [-0.39, 0.29) is 37.0 Å². The maximum Gasteiger partial charge on any atom is 0.303 e. The van der Waals surface area contributed by atoms with Gasteiger partial charge in [-0.1, -0.05) is 60.7 Å². The van der Waals surface area contributed by atoms with Crippen LogP contribution in [0.5, 0.6) is 5.75 Å². The number of likely N-dealkylation sites (N-methyl/N-ethyl adjacent to an activating group) is 1. The molecule has 230 valence electrons. The molecule has 0 radical (unpaired) electrons. The molecule has 5 atom stereocenters. The Morgan fingerprint density at radius 1 is 1.02 bits per heavy atom. The third-order valence-electron chi connectivity index (χ3n) is 7.30. The number of aliphatic hydroxyl groups is 2. The Labute approximate surface area is 251 Å². The van der Waals surface area contributed by atoms with Gasteiger partial charge in [0.1, 0.15) is 5.75 Å². The smallest absolute Gasteiger partial charge is 0.303 e. The van der Waals surface area contributed by atoms with Gasteiger partial charge in [-0.25, -0.2) is 0 Å². The lowest BCUT2D eigenvalue weighted by Crippen LogP contribution is -2.39. The number of hydrogen-bond donors (Lipinski definition) is 4. The van der Waals surface area contributed by atoms with E-state index < -0.39 is 24.5 Å². The van der Waals surface area contributed by atoms with Crippen LogP contribution in [0.25, 0.3) is 0 Å². The summed E-state index contributed by atoms with van der Waals surface area (Å²) in [5.74, 6) is -0.788. The molecule has 0 saturated carbocycles. The van der Waals surface area contributed by atoms with Crippen molar-refractivity contribution >= 4 is 11.9 Å². The molecule has 10 heteroatoms. The molecular formula is C33H40N2O8. The third kappa shape index (κ3) is 9.34. The first-order valence-electron chi connectivity index (χ1n) is 14.3. The number of benzene rings is 3. The van der Waals surface area contributed by atoms with Gasteiger partial charge in [-0.2, -0.15) is 0 Å². The Morgan fingerprint density at radius 2 is 1.70 bits per heavy atom. The first-order chi connectivity index (χ1) is 20.6. The number of ether oxygens (including phenoxy) is 3. The summed E-state index contributed by atoms with van der Waals surface area (Å²) in [5.41, 5.74) is 4.09. The van der Waals surface area contributed by atoms with E-state index in [0.717, 1.165) is 22.3 Å². The molecule has 0 aromatic heterocycles. The average molecular weight is 593 g/mol. The molecule has 3 aromatic carbocycles. The number of carbonyl (C=O) groups excluding carboxylic acids is 2.